The van der Waals surface area contributed by atoms with Crippen LogP contribution in [0.15, 0.2) is 65.1 Å². The van der Waals surface area contributed by atoms with E-state index in [-0.39, 0.29) is 11.5 Å². The lowest BCUT2D eigenvalue weighted by molar-refractivity contribution is -0.111. The van der Waals surface area contributed by atoms with Crippen LogP contribution in [0.4, 0.5) is 5.69 Å². The Labute approximate surface area is 160 Å². The summed E-state index contributed by atoms with van der Waals surface area (Å²) in [6, 6.07) is 15.1. The van der Waals surface area contributed by atoms with Gasteiger partial charge in [-0.1, -0.05) is 23.7 Å². The Morgan fingerprint density at radius 3 is 2.48 bits per heavy atom. The maximum atomic E-state index is 12.0. The topological polar surface area (TPSA) is 79.5 Å². The van der Waals surface area contributed by atoms with Crippen LogP contribution in [0.3, 0.4) is 0 Å². The highest BCUT2D eigenvalue weighted by molar-refractivity contribution is 6.31. The number of carbonyl (C=O) groups is 2. The molecule has 0 aliphatic heterocycles. The fraction of sp³-hybridized carbons (Fsp3) is 0.0476. The zero-order valence-corrected chi connectivity index (χ0v) is 15.2. The predicted molar refractivity (Wildman–Crippen MR) is 105 cm³/mol. The molecule has 3 rings (SSSR count). The van der Waals surface area contributed by atoms with Gasteiger partial charge in [0.25, 0.3) is 0 Å². The maximum absolute atomic E-state index is 12.0. The fourth-order valence-corrected chi connectivity index (χ4v) is 2.56. The summed E-state index contributed by atoms with van der Waals surface area (Å²) in [5.41, 5.74) is 2.50. The van der Waals surface area contributed by atoms with E-state index in [2.05, 4.69) is 5.32 Å². The Morgan fingerprint density at radius 1 is 1.07 bits per heavy atom. The van der Waals surface area contributed by atoms with Gasteiger partial charge in [0.1, 0.15) is 11.5 Å². The molecule has 0 saturated heterocycles. The lowest BCUT2D eigenvalue weighted by Gasteiger charge is -2.02. The summed E-state index contributed by atoms with van der Waals surface area (Å²) >= 11 is 6.14. The van der Waals surface area contributed by atoms with E-state index < -0.39 is 5.97 Å². The van der Waals surface area contributed by atoms with Crippen molar-refractivity contribution in [3.8, 4) is 11.3 Å². The third kappa shape index (κ3) is 4.65. The van der Waals surface area contributed by atoms with E-state index >= 15 is 0 Å². The molecule has 0 atom stereocenters. The number of anilines is 1. The van der Waals surface area contributed by atoms with Crippen molar-refractivity contribution in [1.29, 1.82) is 0 Å². The normalized spacial score (nSPS) is 10.9. The zero-order valence-electron chi connectivity index (χ0n) is 14.4. The Kier molecular flexibility index (Phi) is 5.43. The average molecular weight is 382 g/mol. The number of carbonyl (C=O) groups excluding carboxylic acids is 1. The van der Waals surface area contributed by atoms with Crippen molar-refractivity contribution in [2.24, 2.45) is 0 Å². The summed E-state index contributed by atoms with van der Waals surface area (Å²) in [4.78, 5) is 22.8. The second kappa shape index (κ2) is 7.93. The van der Waals surface area contributed by atoms with E-state index in [1.807, 2.05) is 31.2 Å². The molecule has 27 heavy (non-hydrogen) atoms. The minimum atomic E-state index is -1.02. The Balaban J connectivity index is 1.65. The Morgan fingerprint density at radius 2 is 1.81 bits per heavy atom. The molecule has 2 aromatic carbocycles. The van der Waals surface area contributed by atoms with Gasteiger partial charge in [0.05, 0.1) is 5.56 Å². The van der Waals surface area contributed by atoms with Gasteiger partial charge in [0, 0.05) is 22.3 Å². The quantitative estimate of drug-likeness (QED) is 0.591. The van der Waals surface area contributed by atoms with Gasteiger partial charge in [0.15, 0.2) is 0 Å². The highest BCUT2D eigenvalue weighted by atomic mass is 35.5. The van der Waals surface area contributed by atoms with Crippen LogP contribution in [0, 0.1) is 6.92 Å². The number of carboxylic acids is 1. The van der Waals surface area contributed by atoms with Crippen molar-refractivity contribution < 1.29 is 19.1 Å². The first-order valence-corrected chi connectivity index (χ1v) is 8.49. The molecule has 1 aromatic heterocycles. The SMILES string of the molecule is Cc1ccc(-c2ccc(/C=C/C(=O)Nc3ccc(C(=O)O)cc3)o2)cc1Cl. The molecule has 0 radical (unpaired) electrons. The summed E-state index contributed by atoms with van der Waals surface area (Å²) in [5, 5.41) is 12.2. The lowest BCUT2D eigenvalue weighted by Crippen LogP contribution is -2.07. The minimum Gasteiger partial charge on any atom is -0.478 e. The van der Waals surface area contributed by atoms with Crippen LogP contribution >= 0.6 is 11.6 Å². The number of aromatic carboxylic acids is 1. The van der Waals surface area contributed by atoms with Crippen molar-refractivity contribution in [1.82, 2.24) is 0 Å². The van der Waals surface area contributed by atoms with Crippen molar-refractivity contribution in [3.05, 3.63) is 82.6 Å². The number of hydrogen-bond acceptors (Lipinski definition) is 3. The van der Waals surface area contributed by atoms with E-state index in [0.717, 1.165) is 11.1 Å². The summed E-state index contributed by atoms with van der Waals surface area (Å²) in [6.07, 6.45) is 2.90. The van der Waals surface area contributed by atoms with Crippen LogP contribution in [-0.2, 0) is 4.79 Å². The van der Waals surface area contributed by atoms with Gasteiger partial charge in [-0.2, -0.15) is 0 Å². The molecule has 0 saturated carbocycles. The first kappa shape index (κ1) is 18.5. The van der Waals surface area contributed by atoms with Crippen molar-refractivity contribution in [2.45, 2.75) is 6.92 Å². The molecule has 6 heteroatoms. The molecular formula is C21H16ClNO4. The largest absolute Gasteiger partial charge is 0.478 e. The van der Waals surface area contributed by atoms with Crippen LogP contribution < -0.4 is 5.32 Å². The van der Waals surface area contributed by atoms with E-state index in [1.54, 1.807) is 12.1 Å². The number of nitrogens with one attached hydrogen (secondary N) is 1. The summed E-state index contributed by atoms with van der Waals surface area (Å²) in [7, 11) is 0. The number of amides is 1. The van der Waals surface area contributed by atoms with Crippen LogP contribution in [0.2, 0.25) is 5.02 Å². The van der Waals surface area contributed by atoms with Crippen LogP contribution in [-0.4, -0.2) is 17.0 Å². The number of benzene rings is 2. The van der Waals surface area contributed by atoms with E-state index in [0.29, 0.717) is 22.2 Å². The van der Waals surface area contributed by atoms with Gasteiger partial charge in [-0.3, -0.25) is 4.79 Å². The molecule has 0 unspecified atom stereocenters. The second-order valence-corrected chi connectivity index (χ2v) is 6.28. The monoisotopic (exact) mass is 381 g/mol. The second-order valence-electron chi connectivity index (χ2n) is 5.87. The fourth-order valence-electron chi connectivity index (χ4n) is 2.38. The van der Waals surface area contributed by atoms with Crippen LogP contribution in [0.1, 0.15) is 21.7 Å². The highest BCUT2D eigenvalue weighted by Crippen LogP contribution is 2.27. The molecule has 0 fully saturated rings. The molecule has 0 spiro atoms. The molecule has 5 nitrogen and oxygen atoms in total. The molecule has 0 aliphatic rings. The van der Waals surface area contributed by atoms with Gasteiger partial charge < -0.3 is 14.8 Å². The summed E-state index contributed by atoms with van der Waals surface area (Å²) in [6.45, 7) is 1.93. The number of halogens is 1. The van der Waals surface area contributed by atoms with Gasteiger partial charge in [-0.15, -0.1) is 0 Å². The minimum absolute atomic E-state index is 0.155. The predicted octanol–water partition coefficient (Wildman–Crippen LogP) is 5.26. The first-order chi connectivity index (χ1) is 12.9. The third-order valence-electron chi connectivity index (χ3n) is 3.88. The molecule has 1 amide bonds. The van der Waals surface area contributed by atoms with Gasteiger partial charge in [-0.05, 0) is 61.0 Å². The molecule has 0 bridgehead atoms. The smallest absolute Gasteiger partial charge is 0.335 e. The van der Waals surface area contributed by atoms with Crippen LogP contribution in [0.25, 0.3) is 17.4 Å². The van der Waals surface area contributed by atoms with E-state index in [4.69, 9.17) is 21.1 Å². The van der Waals surface area contributed by atoms with Crippen LogP contribution in [0.5, 0.6) is 0 Å². The Hall–Kier alpha value is -3.31. The summed E-state index contributed by atoms with van der Waals surface area (Å²) < 4.78 is 5.72. The maximum Gasteiger partial charge on any atom is 0.335 e. The number of rotatable bonds is 5. The molecule has 0 aliphatic carbocycles. The molecule has 3 aromatic rings. The van der Waals surface area contributed by atoms with Gasteiger partial charge in [0.2, 0.25) is 5.91 Å². The number of carboxylic acid groups (broad SMARTS) is 1. The number of aryl methyl sites for hydroxylation is 1. The standard InChI is InChI=1S/C21H16ClNO4/c1-13-2-3-15(12-18(13)22)19-10-8-17(27-19)9-11-20(24)23-16-6-4-14(5-7-16)21(25)26/h2-12H,1H3,(H,23,24)(H,25,26)/b11-9+. The van der Waals surface area contributed by atoms with Gasteiger partial charge in [-0.25, -0.2) is 4.79 Å². The van der Waals surface area contributed by atoms with Crippen molar-refractivity contribution in [3.63, 3.8) is 0 Å². The number of furan rings is 1. The molecule has 136 valence electrons. The Bertz CT molecular complexity index is 1020. The third-order valence-corrected chi connectivity index (χ3v) is 4.29. The molecule has 2 N–H and O–H groups in total. The highest BCUT2D eigenvalue weighted by Gasteiger charge is 2.06. The molecular weight excluding hydrogens is 366 g/mol. The summed E-state index contributed by atoms with van der Waals surface area (Å²) in [5.74, 6) is -0.190. The van der Waals surface area contributed by atoms with Gasteiger partial charge >= 0.3 is 5.97 Å². The van der Waals surface area contributed by atoms with E-state index in [1.165, 1.54) is 30.3 Å². The van der Waals surface area contributed by atoms with Crippen molar-refractivity contribution >= 4 is 35.2 Å². The van der Waals surface area contributed by atoms with Crippen molar-refractivity contribution in [2.75, 3.05) is 5.32 Å². The first-order valence-electron chi connectivity index (χ1n) is 8.11. The van der Waals surface area contributed by atoms with E-state index in [9.17, 15) is 9.59 Å². The molecule has 1 heterocycles. The number of hydrogen-bond donors (Lipinski definition) is 2. The average Bonchev–Trinajstić information content (AvgIpc) is 3.12. The zero-order chi connectivity index (χ0) is 19.4. The lowest BCUT2D eigenvalue weighted by atomic mass is 10.1.